The Morgan fingerprint density at radius 2 is 1.30 bits per heavy atom. The molecule has 0 bridgehead atoms. The number of alkyl halides is 2. The van der Waals surface area contributed by atoms with Crippen LogP contribution in [0.1, 0.15) is 105 Å². The summed E-state index contributed by atoms with van der Waals surface area (Å²) < 4.78 is 46.4. The van der Waals surface area contributed by atoms with Crippen molar-refractivity contribution in [2.45, 2.75) is 134 Å². The van der Waals surface area contributed by atoms with Gasteiger partial charge in [-0.3, -0.25) is 0 Å². The molecule has 0 radical (unpaired) electrons. The van der Waals surface area contributed by atoms with Crippen LogP contribution in [0.25, 0.3) is 0 Å². The van der Waals surface area contributed by atoms with Gasteiger partial charge in [-0.15, -0.1) is 0 Å². The van der Waals surface area contributed by atoms with Crippen LogP contribution in [0.3, 0.4) is 0 Å². The molecule has 5 atom stereocenters. The first-order chi connectivity index (χ1) is 20.6. The topological polar surface area (TPSA) is 124 Å². The fourth-order valence-corrected chi connectivity index (χ4v) is 8.64. The van der Waals surface area contributed by atoms with Crippen molar-refractivity contribution in [3.8, 4) is 0 Å². The molecular formula is C31H52FIO10. The molecule has 0 aromatic heterocycles. The SMILES string of the molecule is C/C=C(/F)[C@@H](CC(=O)OCCCCC)I(C)C(=O)C[C@@H]1O[C@H](C)C(OC(=O)OCCCCC)C1OC(=O)OCCCCC. The van der Waals surface area contributed by atoms with E-state index in [9.17, 15) is 23.6 Å². The van der Waals surface area contributed by atoms with E-state index in [4.69, 9.17) is 28.4 Å². The Bertz CT molecular complexity index is 883. The summed E-state index contributed by atoms with van der Waals surface area (Å²) in [7, 11) is 0. The predicted octanol–water partition coefficient (Wildman–Crippen LogP) is 7.62. The summed E-state index contributed by atoms with van der Waals surface area (Å²) in [6.07, 6.45) is 2.72. The molecule has 1 aliphatic heterocycles. The summed E-state index contributed by atoms with van der Waals surface area (Å²) >= 11 is -2.81. The van der Waals surface area contributed by atoms with Crippen LogP contribution in [0.4, 0.5) is 14.0 Å². The number of unbranched alkanes of at least 4 members (excludes halogenated alkanes) is 6. The van der Waals surface area contributed by atoms with Crippen molar-refractivity contribution in [2.75, 3.05) is 24.8 Å². The number of ether oxygens (including phenoxy) is 6. The molecule has 1 rings (SSSR count). The van der Waals surface area contributed by atoms with Crippen molar-refractivity contribution >= 4 is 41.9 Å². The molecule has 0 aromatic carbocycles. The molecule has 0 amide bonds. The Morgan fingerprint density at radius 1 is 0.814 bits per heavy atom. The van der Waals surface area contributed by atoms with Crippen molar-refractivity contribution in [1.29, 1.82) is 0 Å². The summed E-state index contributed by atoms with van der Waals surface area (Å²) in [4.78, 5) is 52.6. The minimum atomic E-state index is -2.81. The predicted molar refractivity (Wildman–Crippen MR) is 169 cm³/mol. The first-order valence-corrected chi connectivity index (χ1v) is 20.0. The van der Waals surface area contributed by atoms with Gasteiger partial charge in [0.25, 0.3) is 0 Å². The summed E-state index contributed by atoms with van der Waals surface area (Å²) in [6, 6.07) is 0. The quantitative estimate of drug-likeness (QED) is 0.0291. The van der Waals surface area contributed by atoms with Gasteiger partial charge in [0.05, 0.1) is 0 Å². The summed E-state index contributed by atoms with van der Waals surface area (Å²) in [5, 5.41) is 0. The molecule has 12 heteroatoms. The number of rotatable bonds is 21. The van der Waals surface area contributed by atoms with Gasteiger partial charge in [-0.2, -0.15) is 0 Å². The van der Waals surface area contributed by atoms with Crippen LogP contribution in [0.5, 0.6) is 0 Å². The molecule has 43 heavy (non-hydrogen) atoms. The van der Waals surface area contributed by atoms with Gasteiger partial charge < -0.3 is 0 Å². The zero-order chi connectivity index (χ0) is 32.2. The fourth-order valence-electron chi connectivity index (χ4n) is 4.41. The Morgan fingerprint density at radius 3 is 1.79 bits per heavy atom. The second-order valence-corrected chi connectivity index (χ2v) is 16.2. The third-order valence-corrected chi connectivity index (χ3v) is 12.6. The summed E-state index contributed by atoms with van der Waals surface area (Å²) in [5.74, 6) is -1.07. The van der Waals surface area contributed by atoms with E-state index in [0.717, 1.165) is 44.9 Å². The molecule has 1 heterocycles. The Balaban J connectivity index is 3.00. The average Bonchev–Trinajstić information content (AvgIpc) is 3.26. The van der Waals surface area contributed by atoms with E-state index >= 15 is 0 Å². The first-order valence-electron chi connectivity index (χ1n) is 15.5. The van der Waals surface area contributed by atoms with E-state index < -0.39 is 72.3 Å². The standard InChI is InChI=1S/C31H52FIO10/c1-7-11-14-17-38-27(35)20-24(23(32)10-4)33(6)26(34)21-25-29(43-31(37)40-19-16-13-9-3)28(22(5)41-25)42-30(36)39-18-15-12-8-2/h10,22,24-25,28-29H,7-9,11-21H2,1-6H3/b23-10+/t22-,24-,25+,28?,29?/m1/s1. The number of esters is 1. The molecule has 1 aliphatic rings. The molecular weight excluding hydrogens is 678 g/mol. The Kier molecular flexibility index (Phi) is 20.5. The van der Waals surface area contributed by atoms with Crippen molar-refractivity contribution in [3.05, 3.63) is 11.9 Å². The summed E-state index contributed by atoms with van der Waals surface area (Å²) in [6.45, 7) is 9.85. The third kappa shape index (κ3) is 15.1. The van der Waals surface area contributed by atoms with Crippen molar-refractivity contribution in [1.82, 2.24) is 0 Å². The zero-order valence-electron chi connectivity index (χ0n) is 26.7. The van der Waals surface area contributed by atoms with Crippen molar-refractivity contribution in [3.63, 3.8) is 0 Å². The molecule has 0 saturated carbocycles. The van der Waals surface area contributed by atoms with E-state index in [2.05, 4.69) is 0 Å². The minimum absolute atomic E-state index is 0.161. The number of carbonyl (C=O) groups is 4. The molecule has 250 valence electrons. The van der Waals surface area contributed by atoms with Gasteiger partial charge in [0, 0.05) is 0 Å². The van der Waals surface area contributed by atoms with Gasteiger partial charge in [0.2, 0.25) is 0 Å². The van der Waals surface area contributed by atoms with E-state index in [-0.39, 0.29) is 36.5 Å². The first kappa shape index (κ1) is 39.1. The van der Waals surface area contributed by atoms with E-state index in [1.807, 2.05) is 20.8 Å². The Hall–Kier alpha value is -1.96. The molecule has 0 spiro atoms. The molecule has 0 aromatic rings. The van der Waals surface area contributed by atoms with Gasteiger partial charge in [-0.05, 0) is 0 Å². The number of hydrogen-bond donors (Lipinski definition) is 0. The van der Waals surface area contributed by atoms with Gasteiger partial charge in [0.1, 0.15) is 0 Å². The van der Waals surface area contributed by atoms with Gasteiger partial charge in [-0.25, -0.2) is 0 Å². The second-order valence-electron chi connectivity index (χ2n) is 10.5. The van der Waals surface area contributed by atoms with Gasteiger partial charge >= 0.3 is 257 Å². The molecule has 0 N–H and O–H groups in total. The Labute approximate surface area is 263 Å². The molecule has 1 saturated heterocycles. The maximum atomic E-state index is 14.9. The number of halogens is 2. The van der Waals surface area contributed by atoms with E-state index in [1.54, 1.807) is 11.9 Å². The fraction of sp³-hybridized carbons (Fsp3) is 0.806. The van der Waals surface area contributed by atoms with Crippen LogP contribution in [-0.4, -0.2) is 75.2 Å². The molecule has 0 aliphatic carbocycles. The second kappa shape index (κ2) is 22.5. The van der Waals surface area contributed by atoms with Crippen LogP contribution >= 0.6 is 19.8 Å². The van der Waals surface area contributed by atoms with Crippen LogP contribution in [0, 0.1) is 0 Å². The number of allylic oxidation sites excluding steroid dienone is 2. The number of carbonyl (C=O) groups excluding carboxylic acids is 4. The molecule has 10 nitrogen and oxygen atoms in total. The van der Waals surface area contributed by atoms with Crippen molar-refractivity contribution in [2.24, 2.45) is 0 Å². The third-order valence-electron chi connectivity index (χ3n) is 6.96. The van der Waals surface area contributed by atoms with Crippen LogP contribution in [-0.2, 0) is 38.0 Å². The number of hydrogen-bond acceptors (Lipinski definition) is 10. The van der Waals surface area contributed by atoms with Crippen LogP contribution < -0.4 is 0 Å². The van der Waals surface area contributed by atoms with Crippen LogP contribution in [0.2, 0.25) is 0 Å². The maximum absolute atomic E-state index is 14.9. The molecule has 2 unspecified atom stereocenters. The van der Waals surface area contributed by atoms with E-state index in [1.165, 1.54) is 13.0 Å². The van der Waals surface area contributed by atoms with Gasteiger partial charge in [0.15, 0.2) is 0 Å². The average molecular weight is 731 g/mol. The van der Waals surface area contributed by atoms with E-state index in [0.29, 0.717) is 12.8 Å². The monoisotopic (exact) mass is 730 g/mol. The van der Waals surface area contributed by atoms with Crippen LogP contribution in [0.15, 0.2) is 11.9 Å². The zero-order valence-corrected chi connectivity index (χ0v) is 28.9. The van der Waals surface area contributed by atoms with Gasteiger partial charge in [-0.1, -0.05) is 6.92 Å². The van der Waals surface area contributed by atoms with Crippen molar-refractivity contribution < 1.29 is 52.0 Å². The normalized spacial score (nSPS) is 21.1. The summed E-state index contributed by atoms with van der Waals surface area (Å²) in [5.41, 5.74) is 0. The molecule has 1 fully saturated rings.